The molecule has 1 aromatic rings. The van der Waals surface area contributed by atoms with Crippen molar-refractivity contribution in [3.05, 3.63) is 40.9 Å². The first-order valence-electron chi connectivity index (χ1n) is 8.53. The Kier molecular flexibility index (Phi) is 7.47. The Balaban J connectivity index is 1.88. The van der Waals surface area contributed by atoms with Crippen LogP contribution in [0.1, 0.15) is 38.5 Å². The molecule has 1 aromatic carbocycles. The number of nitrogens with zero attached hydrogens (tertiary/aromatic N) is 1. The molecule has 2 rings (SSSR count). The van der Waals surface area contributed by atoms with Crippen molar-refractivity contribution < 1.29 is 13.2 Å². The number of amides is 1. The summed E-state index contributed by atoms with van der Waals surface area (Å²) >= 11 is 6.01. The molecule has 0 bridgehead atoms. The van der Waals surface area contributed by atoms with Gasteiger partial charge in [-0.25, -0.2) is 12.7 Å². The Labute approximate surface area is 155 Å². The lowest BCUT2D eigenvalue weighted by atomic mass is 9.97. The minimum Gasteiger partial charge on any atom is -0.325 e. The topological polar surface area (TPSA) is 66.5 Å². The second-order valence-electron chi connectivity index (χ2n) is 6.30. The minimum absolute atomic E-state index is 0.0946. The van der Waals surface area contributed by atoms with Gasteiger partial charge in [-0.1, -0.05) is 35.4 Å². The van der Waals surface area contributed by atoms with E-state index >= 15 is 0 Å². The number of rotatable bonds is 8. The average Bonchev–Trinajstić information content (AvgIpc) is 2.56. The van der Waals surface area contributed by atoms with E-state index in [9.17, 15) is 13.2 Å². The third kappa shape index (κ3) is 6.80. The van der Waals surface area contributed by atoms with Gasteiger partial charge in [0.25, 0.3) is 0 Å². The van der Waals surface area contributed by atoms with Crippen LogP contribution in [0.5, 0.6) is 0 Å². The highest BCUT2D eigenvalue weighted by Crippen LogP contribution is 2.22. The molecule has 5 nitrogen and oxygen atoms in total. The fraction of sp³-hybridized carbons (Fsp3) is 0.500. The van der Waals surface area contributed by atoms with Gasteiger partial charge in [0.15, 0.2) is 0 Å². The van der Waals surface area contributed by atoms with Crippen LogP contribution in [0.4, 0.5) is 5.69 Å². The Morgan fingerprint density at radius 3 is 2.64 bits per heavy atom. The zero-order valence-electron chi connectivity index (χ0n) is 14.5. The molecule has 1 N–H and O–H groups in total. The van der Waals surface area contributed by atoms with Gasteiger partial charge in [-0.3, -0.25) is 4.79 Å². The Morgan fingerprint density at radius 2 is 2.00 bits per heavy atom. The van der Waals surface area contributed by atoms with Crippen molar-refractivity contribution >= 4 is 33.2 Å². The monoisotopic (exact) mass is 384 g/mol. The number of benzene rings is 1. The first kappa shape index (κ1) is 19.9. The number of carbonyl (C=O) groups is 1. The number of para-hydroxylation sites is 1. The normalized spacial score (nSPS) is 15.1. The van der Waals surface area contributed by atoms with Crippen molar-refractivity contribution in [1.82, 2.24) is 4.31 Å². The molecular weight excluding hydrogens is 360 g/mol. The summed E-state index contributed by atoms with van der Waals surface area (Å²) in [6, 6.07) is 6.97. The lowest BCUT2D eigenvalue weighted by Crippen LogP contribution is -2.34. The van der Waals surface area contributed by atoms with Crippen molar-refractivity contribution in [3.63, 3.8) is 0 Å². The predicted octanol–water partition coefficient (Wildman–Crippen LogP) is 3.82. The van der Waals surface area contributed by atoms with Crippen molar-refractivity contribution in [2.75, 3.05) is 24.7 Å². The molecule has 0 unspecified atom stereocenters. The maximum absolute atomic E-state index is 12.1. The third-order valence-corrected chi connectivity index (χ3v) is 5.91. The summed E-state index contributed by atoms with van der Waals surface area (Å²) in [4.78, 5) is 12.1. The summed E-state index contributed by atoms with van der Waals surface area (Å²) in [5.74, 6) is -0.251. The first-order chi connectivity index (χ1) is 11.9. The maximum atomic E-state index is 12.1. The molecule has 138 valence electrons. The van der Waals surface area contributed by atoms with E-state index in [2.05, 4.69) is 11.4 Å². The first-order valence-corrected chi connectivity index (χ1v) is 10.8. The predicted molar refractivity (Wildman–Crippen MR) is 102 cm³/mol. The number of hydrogen-bond acceptors (Lipinski definition) is 3. The second kappa shape index (κ2) is 9.36. The van der Waals surface area contributed by atoms with Crippen LogP contribution in [-0.2, 0) is 14.8 Å². The lowest BCUT2D eigenvalue weighted by molar-refractivity contribution is -0.116. The fourth-order valence-corrected chi connectivity index (χ4v) is 3.87. The lowest BCUT2D eigenvalue weighted by Gasteiger charge is -2.21. The van der Waals surface area contributed by atoms with Gasteiger partial charge in [-0.2, -0.15) is 0 Å². The van der Waals surface area contributed by atoms with Gasteiger partial charge in [0.2, 0.25) is 15.9 Å². The molecule has 1 amide bonds. The summed E-state index contributed by atoms with van der Waals surface area (Å²) in [5.41, 5.74) is 1.85. The zero-order chi connectivity index (χ0) is 18.3. The van der Waals surface area contributed by atoms with Crippen molar-refractivity contribution in [2.24, 2.45) is 0 Å². The number of carbonyl (C=O) groups excluding carboxylic acids is 1. The van der Waals surface area contributed by atoms with E-state index < -0.39 is 10.0 Å². The molecule has 1 aliphatic carbocycles. The Morgan fingerprint density at radius 1 is 1.24 bits per heavy atom. The summed E-state index contributed by atoms with van der Waals surface area (Å²) in [5, 5.41) is 3.18. The molecule has 7 heteroatoms. The number of sulfonamides is 1. The summed E-state index contributed by atoms with van der Waals surface area (Å²) in [6.45, 7) is 0.590. The van der Waals surface area contributed by atoms with E-state index in [1.54, 1.807) is 24.3 Å². The number of anilines is 1. The summed E-state index contributed by atoms with van der Waals surface area (Å²) in [7, 11) is -3.34. The molecule has 25 heavy (non-hydrogen) atoms. The smallest absolute Gasteiger partial charge is 0.225 e. The molecule has 1 aliphatic rings. The van der Waals surface area contributed by atoms with Gasteiger partial charge in [-0.05, 0) is 44.2 Å². The van der Waals surface area contributed by atoms with Crippen LogP contribution in [0.25, 0.3) is 0 Å². The largest absolute Gasteiger partial charge is 0.325 e. The van der Waals surface area contributed by atoms with Crippen molar-refractivity contribution in [1.29, 1.82) is 0 Å². The van der Waals surface area contributed by atoms with Crippen LogP contribution in [0.15, 0.2) is 35.9 Å². The number of nitrogens with one attached hydrogen (secondary N) is 1. The Hall–Kier alpha value is -1.37. The van der Waals surface area contributed by atoms with Crippen LogP contribution in [0.3, 0.4) is 0 Å². The highest BCUT2D eigenvalue weighted by atomic mass is 35.5. The van der Waals surface area contributed by atoms with Gasteiger partial charge in [-0.15, -0.1) is 0 Å². The number of hydrogen-bond donors (Lipinski definition) is 1. The van der Waals surface area contributed by atoms with E-state index in [0.717, 1.165) is 19.3 Å². The molecule has 0 spiro atoms. The van der Waals surface area contributed by atoms with Crippen LogP contribution in [-0.4, -0.2) is 38.0 Å². The van der Waals surface area contributed by atoms with E-state index in [1.807, 2.05) is 0 Å². The average molecular weight is 385 g/mol. The zero-order valence-corrected chi connectivity index (χ0v) is 16.1. The van der Waals surface area contributed by atoms with Crippen LogP contribution >= 0.6 is 11.6 Å². The maximum Gasteiger partial charge on any atom is 0.225 e. The van der Waals surface area contributed by atoms with E-state index in [-0.39, 0.29) is 18.9 Å². The molecule has 0 radical (unpaired) electrons. The van der Waals surface area contributed by atoms with Gasteiger partial charge in [0.05, 0.1) is 17.0 Å². The molecule has 0 atom stereocenters. The van der Waals surface area contributed by atoms with E-state index in [0.29, 0.717) is 17.3 Å². The molecule has 0 aliphatic heterocycles. The van der Waals surface area contributed by atoms with Crippen LogP contribution in [0, 0.1) is 0 Å². The number of halogens is 1. The quantitative estimate of drug-likeness (QED) is 0.693. The van der Waals surface area contributed by atoms with Gasteiger partial charge in [0.1, 0.15) is 0 Å². The van der Waals surface area contributed by atoms with Gasteiger partial charge < -0.3 is 5.32 Å². The molecular formula is C18H25ClN2O3S. The molecule has 0 aromatic heterocycles. The highest BCUT2D eigenvalue weighted by Gasteiger charge is 2.19. The fourth-order valence-electron chi connectivity index (χ4n) is 2.84. The van der Waals surface area contributed by atoms with Gasteiger partial charge in [0, 0.05) is 19.5 Å². The van der Waals surface area contributed by atoms with E-state index in [1.165, 1.54) is 29.0 Å². The number of allylic oxidation sites excluding steroid dienone is 1. The van der Waals surface area contributed by atoms with Crippen molar-refractivity contribution in [3.8, 4) is 0 Å². The SMILES string of the molecule is CS(=O)(=O)N(CCC(=O)Nc1ccccc1Cl)CCC1=CCCCC1. The summed E-state index contributed by atoms with van der Waals surface area (Å²) in [6.07, 6.45) is 8.74. The standard InChI is InChI=1S/C18H25ClN2O3S/c1-25(23,24)21(13-11-15-7-3-2-4-8-15)14-12-18(22)20-17-10-6-5-9-16(17)19/h5-7,9-10H,2-4,8,11-14H2,1H3,(H,20,22). The highest BCUT2D eigenvalue weighted by molar-refractivity contribution is 7.88. The van der Waals surface area contributed by atoms with Crippen LogP contribution < -0.4 is 5.32 Å². The minimum atomic E-state index is -3.34. The molecule has 0 saturated heterocycles. The van der Waals surface area contributed by atoms with Crippen LogP contribution in [0.2, 0.25) is 5.02 Å². The Bertz CT molecular complexity index is 732. The molecule has 0 saturated carbocycles. The molecule has 0 fully saturated rings. The van der Waals surface area contributed by atoms with E-state index in [4.69, 9.17) is 11.6 Å². The van der Waals surface area contributed by atoms with Gasteiger partial charge >= 0.3 is 0 Å². The second-order valence-corrected chi connectivity index (χ2v) is 8.69. The van der Waals surface area contributed by atoms with Crippen molar-refractivity contribution in [2.45, 2.75) is 38.5 Å². The summed E-state index contributed by atoms with van der Waals surface area (Å²) < 4.78 is 25.3. The third-order valence-electron chi connectivity index (χ3n) is 4.27. The molecule has 0 heterocycles.